The van der Waals surface area contributed by atoms with Crippen LogP contribution in [-0.4, -0.2) is 16.6 Å². The fraction of sp³-hybridized carbons (Fsp3) is 0.625. The van der Waals surface area contributed by atoms with Gasteiger partial charge in [-0.05, 0) is 18.8 Å². The van der Waals surface area contributed by atoms with E-state index in [0.717, 1.165) is 6.42 Å². The van der Waals surface area contributed by atoms with Gasteiger partial charge in [-0.1, -0.05) is 12.2 Å². The lowest BCUT2D eigenvalue weighted by molar-refractivity contribution is -0.142. The van der Waals surface area contributed by atoms with Crippen LogP contribution < -0.4 is 5.73 Å². The Morgan fingerprint density at radius 3 is 3.00 bits per heavy atom. The van der Waals surface area contributed by atoms with Gasteiger partial charge >= 0.3 is 5.97 Å². The van der Waals surface area contributed by atoms with Crippen molar-refractivity contribution in [2.24, 2.45) is 17.6 Å². The average molecular weight is 153 g/mol. The van der Waals surface area contributed by atoms with Crippen molar-refractivity contribution in [3.05, 3.63) is 12.2 Å². The molecule has 0 aromatic heterocycles. The highest BCUT2D eigenvalue weighted by atomic mass is 16.4. The Morgan fingerprint density at radius 2 is 2.45 bits per heavy atom. The van der Waals surface area contributed by atoms with Gasteiger partial charge in [-0.2, -0.15) is 0 Å². The fourth-order valence-corrected chi connectivity index (χ4v) is 1.90. The van der Waals surface area contributed by atoms with Crippen molar-refractivity contribution in [2.75, 3.05) is 0 Å². The SMILES string of the molecule is N[C@@]12C=CC[C@H](C(=O)O)[C@@H]1C2. The van der Waals surface area contributed by atoms with E-state index in [0.29, 0.717) is 6.42 Å². The van der Waals surface area contributed by atoms with Crippen LogP contribution in [0.15, 0.2) is 12.2 Å². The third-order valence-electron chi connectivity index (χ3n) is 2.72. The summed E-state index contributed by atoms with van der Waals surface area (Å²) in [6.45, 7) is 0. The molecule has 60 valence electrons. The highest BCUT2D eigenvalue weighted by molar-refractivity contribution is 5.72. The summed E-state index contributed by atoms with van der Waals surface area (Å²) in [5.41, 5.74) is 5.57. The summed E-state index contributed by atoms with van der Waals surface area (Å²) < 4.78 is 0. The van der Waals surface area contributed by atoms with Crippen LogP contribution in [0.25, 0.3) is 0 Å². The molecule has 2 aliphatic rings. The zero-order chi connectivity index (χ0) is 8.06. The minimum Gasteiger partial charge on any atom is -0.481 e. The van der Waals surface area contributed by atoms with Gasteiger partial charge in [0.2, 0.25) is 0 Å². The Bertz CT molecular complexity index is 236. The second kappa shape index (κ2) is 1.85. The van der Waals surface area contributed by atoms with E-state index in [1.165, 1.54) is 0 Å². The molecule has 2 rings (SSSR count). The highest BCUT2D eigenvalue weighted by Gasteiger charge is 2.56. The number of rotatable bonds is 1. The maximum atomic E-state index is 10.6. The van der Waals surface area contributed by atoms with Gasteiger partial charge in [-0.15, -0.1) is 0 Å². The summed E-state index contributed by atoms with van der Waals surface area (Å²) in [5, 5.41) is 8.76. The van der Waals surface area contributed by atoms with Gasteiger partial charge in [0.15, 0.2) is 0 Å². The Kier molecular flexibility index (Phi) is 1.16. The molecule has 1 saturated carbocycles. The number of nitrogens with two attached hydrogens (primary N) is 1. The molecule has 0 heterocycles. The third-order valence-corrected chi connectivity index (χ3v) is 2.72. The summed E-state index contributed by atoms with van der Waals surface area (Å²) in [5.74, 6) is -0.735. The van der Waals surface area contributed by atoms with Crippen molar-refractivity contribution < 1.29 is 9.90 Å². The van der Waals surface area contributed by atoms with Crippen LogP contribution in [0.5, 0.6) is 0 Å². The maximum Gasteiger partial charge on any atom is 0.307 e. The molecule has 0 radical (unpaired) electrons. The van der Waals surface area contributed by atoms with Crippen LogP contribution in [-0.2, 0) is 4.79 Å². The second-order valence-electron chi connectivity index (χ2n) is 3.51. The van der Waals surface area contributed by atoms with Gasteiger partial charge in [-0.25, -0.2) is 0 Å². The first-order valence-corrected chi connectivity index (χ1v) is 3.83. The van der Waals surface area contributed by atoms with Crippen molar-refractivity contribution in [1.82, 2.24) is 0 Å². The van der Waals surface area contributed by atoms with E-state index >= 15 is 0 Å². The Balaban J connectivity index is 2.19. The molecule has 3 nitrogen and oxygen atoms in total. The van der Waals surface area contributed by atoms with E-state index in [9.17, 15) is 4.79 Å². The van der Waals surface area contributed by atoms with Crippen molar-refractivity contribution in [3.8, 4) is 0 Å². The summed E-state index contributed by atoms with van der Waals surface area (Å²) in [6, 6.07) is 0. The standard InChI is InChI=1S/C8H11NO2/c9-8-3-1-2-5(7(10)11)6(8)4-8/h1,3,5-6H,2,4,9H2,(H,10,11)/t5-,6-,8+/m0/s1. The van der Waals surface area contributed by atoms with Crippen molar-refractivity contribution >= 4 is 5.97 Å². The van der Waals surface area contributed by atoms with Crippen molar-refractivity contribution in [2.45, 2.75) is 18.4 Å². The van der Waals surface area contributed by atoms with Gasteiger partial charge in [0, 0.05) is 5.54 Å². The number of carboxylic acids is 1. The van der Waals surface area contributed by atoms with Gasteiger partial charge in [-0.3, -0.25) is 4.79 Å². The summed E-state index contributed by atoms with van der Waals surface area (Å²) >= 11 is 0. The molecule has 3 heteroatoms. The van der Waals surface area contributed by atoms with Crippen LogP contribution in [0.3, 0.4) is 0 Å². The molecule has 2 aliphatic carbocycles. The number of fused-ring (bicyclic) bond motifs is 1. The molecular weight excluding hydrogens is 142 g/mol. The summed E-state index contributed by atoms with van der Waals surface area (Å²) in [7, 11) is 0. The van der Waals surface area contributed by atoms with Crippen LogP contribution in [0.4, 0.5) is 0 Å². The molecule has 0 spiro atoms. The molecule has 0 aromatic carbocycles. The number of aliphatic carboxylic acids is 1. The third kappa shape index (κ3) is 0.878. The van der Waals surface area contributed by atoms with Gasteiger partial charge < -0.3 is 10.8 Å². The van der Waals surface area contributed by atoms with Crippen molar-refractivity contribution in [1.29, 1.82) is 0 Å². The Labute approximate surface area is 64.9 Å². The molecule has 0 saturated heterocycles. The predicted molar refractivity (Wildman–Crippen MR) is 39.9 cm³/mol. The Morgan fingerprint density at radius 1 is 1.73 bits per heavy atom. The number of carbonyl (C=O) groups is 1. The molecule has 0 aromatic rings. The van der Waals surface area contributed by atoms with Crippen molar-refractivity contribution in [3.63, 3.8) is 0 Å². The normalized spacial score (nSPS) is 46.6. The van der Waals surface area contributed by atoms with Crippen LogP contribution in [0.2, 0.25) is 0 Å². The first kappa shape index (κ1) is 6.85. The number of carboxylic acid groups (broad SMARTS) is 1. The molecular formula is C8H11NO2. The monoisotopic (exact) mass is 153 g/mol. The highest BCUT2D eigenvalue weighted by Crippen LogP contribution is 2.51. The first-order valence-electron chi connectivity index (χ1n) is 3.83. The lowest BCUT2D eigenvalue weighted by atomic mass is 9.92. The van der Waals surface area contributed by atoms with Gasteiger partial charge in [0.1, 0.15) is 0 Å². The van der Waals surface area contributed by atoms with Gasteiger partial charge in [0.25, 0.3) is 0 Å². The quantitative estimate of drug-likeness (QED) is 0.535. The van der Waals surface area contributed by atoms with E-state index in [1.807, 2.05) is 12.2 Å². The molecule has 0 amide bonds. The first-order chi connectivity index (χ1) is 5.13. The number of allylic oxidation sites excluding steroid dienone is 1. The van der Waals surface area contributed by atoms with E-state index in [4.69, 9.17) is 10.8 Å². The van der Waals surface area contributed by atoms with Gasteiger partial charge in [0.05, 0.1) is 5.92 Å². The minimum atomic E-state index is -0.702. The topological polar surface area (TPSA) is 63.3 Å². The molecule has 3 N–H and O–H groups in total. The second-order valence-corrected chi connectivity index (χ2v) is 3.51. The fourth-order valence-electron chi connectivity index (χ4n) is 1.90. The van der Waals surface area contributed by atoms with E-state index in [1.54, 1.807) is 0 Å². The van der Waals surface area contributed by atoms with E-state index < -0.39 is 5.97 Å². The summed E-state index contributed by atoms with van der Waals surface area (Å²) in [4.78, 5) is 10.6. The zero-order valence-corrected chi connectivity index (χ0v) is 6.16. The molecule has 0 unspecified atom stereocenters. The number of hydrogen-bond donors (Lipinski definition) is 2. The minimum absolute atomic E-state index is 0.199. The average Bonchev–Trinajstić information content (AvgIpc) is 2.58. The maximum absolute atomic E-state index is 10.6. The molecule has 0 aliphatic heterocycles. The van der Waals surface area contributed by atoms with E-state index in [2.05, 4.69) is 0 Å². The molecule has 0 bridgehead atoms. The molecule has 3 atom stereocenters. The predicted octanol–water partition coefficient (Wildman–Crippen LogP) is 0.364. The van der Waals surface area contributed by atoms with Crippen LogP contribution in [0.1, 0.15) is 12.8 Å². The zero-order valence-electron chi connectivity index (χ0n) is 6.16. The summed E-state index contributed by atoms with van der Waals surface area (Å²) in [6.07, 6.45) is 5.35. The lowest BCUT2D eigenvalue weighted by Gasteiger charge is -2.16. The van der Waals surface area contributed by atoms with E-state index in [-0.39, 0.29) is 17.4 Å². The lowest BCUT2D eigenvalue weighted by Crippen LogP contribution is -2.30. The smallest absolute Gasteiger partial charge is 0.307 e. The number of hydrogen-bond acceptors (Lipinski definition) is 2. The molecule has 11 heavy (non-hydrogen) atoms. The van der Waals surface area contributed by atoms with Crippen LogP contribution in [0, 0.1) is 11.8 Å². The largest absolute Gasteiger partial charge is 0.481 e. The molecule has 1 fully saturated rings. The Hall–Kier alpha value is -0.830. The van der Waals surface area contributed by atoms with Crippen LogP contribution >= 0.6 is 0 Å².